The smallest absolute Gasteiger partial charge is 0.242 e. The van der Waals surface area contributed by atoms with Gasteiger partial charge in [-0.2, -0.15) is 0 Å². The van der Waals surface area contributed by atoms with E-state index in [-0.39, 0.29) is 11.6 Å². The Morgan fingerprint density at radius 1 is 1.17 bits per heavy atom. The van der Waals surface area contributed by atoms with Gasteiger partial charge in [-0.05, 0) is 55.9 Å². The summed E-state index contributed by atoms with van der Waals surface area (Å²) in [6.07, 6.45) is 5.85. The summed E-state index contributed by atoms with van der Waals surface area (Å²) in [7, 11) is 0. The highest BCUT2D eigenvalue weighted by Gasteiger charge is 2.19. The topological polar surface area (TPSA) is 60.2 Å². The van der Waals surface area contributed by atoms with Gasteiger partial charge in [0.2, 0.25) is 5.88 Å². The van der Waals surface area contributed by atoms with Crippen molar-refractivity contribution in [3.8, 4) is 11.6 Å². The Bertz CT molecular complexity index is 688. The van der Waals surface area contributed by atoms with E-state index in [1.165, 1.54) is 6.07 Å². The van der Waals surface area contributed by atoms with Gasteiger partial charge in [0.15, 0.2) is 11.6 Å². The van der Waals surface area contributed by atoms with Crippen molar-refractivity contribution < 1.29 is 13.5 Å². The molecule has 2 aromatic rings. The molecule has 3 N–H and O–H groups in total. The third-order valence-electron chi connectivity index (χ3n) is 4.34. The monoisotopic (exact) mass is 333 g/mol. The van der Waals surface area contributed by atoms with Crippen molar-refractivity contribution in [2.45, 2.75) is 31.7 Å². The molecule has 6 heteroatoms. The molecule has 128 valence electrons. The number of rotatable bonds is 5. The second-order valence-corrected chi connectivity index (χ2v) is 6.19. The lowest BCUT2D eigenvalue weighted by atomic mass is 9.86. The van der Waals surface area contributed by atoms with E-state index in [0.717, 1.165) is 44.4 Å². The molecule has 0 bridgehead atoms. The van der Waals surface area contributed by atoms with E-state index in [2.05, 4.69) is 10.3 Å². The van der Waals surface area contributed by atoms with Crippen LogP contribution in [0, 0.1) is 17.6 Å². The SMILES string of the molecule is N[C@H]1CC[C@H](CNc2cccnc2Oc2ccc(F)cc2F)CC1. The number of hydrogen-bond donors (Lipinski definition) is 2. The summed E-state index contributed by atoms with van der Waals surface area (Å²) < 4.78 is 32.3. The Morgan fingerprint density at radius 2 is 1.96 bits per heavy atom. The number of nitrogens with zero attached hydrogens (tertiary/aromatic N) is 1. The van der Waals surface area contributed by atoms with Crippen LogP contribution in [0.2, 0.25) is 0 Å². The fraction of sp³-hybridized carbons (Fsp3) is 0.389. The number of nitrogens with one attached hydrogen (secondary N) is 1. The van der Waals surface area contributed by atoms with Crippen LogP contribution < -0.4 is 15.8 Å². The lowest BCUT2D eigenvalue weighted by Gasteiger charge is -2.26. The Kier molecular flexibility index (Phi) is 5.25. The number of ether oxygens (including phenoxy) is 1. The van der Waals surface area contributed by atoms with Crippen molar-refractivity contribution in [3.63, 3.8) is 0 Å². The maximum absolute atomic E-state index is 13.8. The van der Waals surface area contributed by atoms with Crippen LogP contribution in [0.4, 0.5) is 14.5 Å². The quantitative estimate of drug-likeness (QED) is 0.865. The standard InChI is InChI=1S/C18H21F2N3O/c19-13-5-8-17(15(20)10-13)24-18-16(2-1-9-22-18)23-11-12-3-6-14(21)7-4-12/h1-2,5,8-10,12,14,23H,3-4,6-7,11,21H2/t12-,14-. The van der Waals surface area contributed by atoms with Gasteiger partial charge in [-0.25, -0.2) is 13.8 Å². The molecule has 4 nitrogen and oxygen atoms in total. The largest absolute Gasteiger partial charge is 0.434 e. The third-order valence-corrected chi connectivity index (χ3v) is 4.34. The van der Waals surface area contributed by atoms with Crippen LogP contribution in [0.3, 0.4) is 0 Å². The zero-order chi connectivity index (χ0) is 16.9. The molecule has 0 unspecified atom stereocenters. The lowest BCUT2D eigenvalue weighted by Crippen LogP contribution is -2.29. The van der Waals surface area contributed by atoms with Crippen molar-refractivity contribution in [3.05, 3.63) is 48.2 Å². The number of halogens is 2. The molecule has 1 saturated carbocycles. The van der Waals surface area contributed by atoms with Gasteiger partial charge in [0.05, 0.1) is 5.69 Å². The number of anilines is 1. The molecule has 1 heterocycles. The van der Waals surface area contributed by atoms with Crippen LogP contribution >= 0.6 is 0 Å². The molecular weight excluding hydrogens is 312 g/mol. The normalized spacial score (nSPS) is 20.6. The molecule has 24 heavy (non-hydrogen) atoms. The van der Waals surface area contributed by atoms with Crippen molar-refractivity contribution in [2.75, 3.05) is 11.9 Å². The first-order valence-electron chi connectivity index (χ1n) is 8.19. The van der Waals surface area contributed by atoms with E-state index < -0.39 is 11.6 Å². The summed E-state index contributed by atoms with van der Waals surface area (Å²) >= 11 is 0. The van der Waals surface area contributed by atoms with E-state index in [9.17, 15) is 8.78 Å². The molecule has 1 aromatic carbocycles. The van der Waals surface area contributed by atoms with Crippen LogP contribution in [-0.2, 0) is 0 Å². The molecular formula is C18H21F2N3O. The summed E-state index contributed by atoms with van der Waals surface area (Å²) in [5.74, 6) is -0.625. The first kappa shape index (κ1) is 16.6. The van der Waals surface area contributed by atoms with E-state index in [0.29, 0.717) is 17.6 Å². The van der Waals surface area contributed by atoms with Crippen molar-refractivity contribution in [2.24, 2.45) is 11.7 Å². The van der Waals surface area contributed by atoms with E-state index in [1.54, 1.807) is 12.3 Å². The molecule has 0 aliphatic heterocycles. The van der Waals surface area contributed by atoms with Crippen molar-refractivity contribution >= 4 is 5.69 Å². The zero-order valence-corrected chi connectivity index (χ0v) is 13.3. The van der Waals surface area contributed by atoms with Crippen LogP contribution in [-0.4, -0.2) is 17.6 Å². The number of hydrogen-bond acceptors (Lipinski definition) is 4. The summed E-state index contributed by atoms with van der Waals surface area (Å²) in [5.41, 5.74) is 6.62. The predicted octanol–water partition coefficient (Wildman–Crippen LogP) is 4.08. The summed E-state index contributed by atoms with van der Waals surface area (Å²) in [5, 5.41) is 3.32. The molecule has 0 radical (unpaired) electrons. The maximum atomic E-state index is 13.8. The van der Waals surface area contributed by atoms with Gasteiger partial charge in [0, 0.05) is 24.8 Å². The second-order valence-electron chi connectivity index (χ2n) is 6.19. The molecule has 0 atom stereocenters. The highest BCUT2D eigenvalue weighted by Crippen LogP contribution is 2.30. The molecule has 1 aromatic heterocycles. The highest BCUT2D eigenvalue weighted by atomic mass is 19.1. The first-order chi connectivity index (χ1) is 11.6. The minimum Gasteiger partial charge on any atom is -0.434 e. The second kappa shape index (κ2) is 7.57. The average molecular weight is 333 g/mol. The van der Waals surface area contributed by atoms with Gasteiger partial charge < -0.3 is 15.8 Å². The molecule has 1 fully saturated rings. The molecule has 3 rings (SSSR count). The number of nitrogens with two attached hydrogens (primary N) is 1. The molecule has 1 aliphatic carbocycles. The number of pyridine rings is 1. The van der Waals surface area contributed by atoms with Gasteiger partial charge in [0.1, 0.15) is 5.82 Å². The average Bonchev–Trinajstić information content (AvgIpc) is 2.58. The van der Waals surface area contributed by atoms with E-state index in [4.69, 9.17) is 10.5 Å². The van der Waals surface area contributed by atoms with Crippen LogP contribution in [0.1, 0.15) is 25.7 Å². The summed E-state index contributed by atoms with van der Waals surface area (Å²) in [4.78, 5) is 4.15. The van der Waals surface area contributed by atoms with Gasteiger partial charge in [-0.15, -0.1) is 0 Å². The zero-order valence-electron chi connectivity index (χ0n) is 13.3. The van der Waals surface area contributed by atoms with Gasteiger partial charge in [0.25, 0.3) is 0 Å². The summed E-state index contributed by atoms with van der Waals surface area (Å²) in [6.45, 7) is 0.792. The minimum absolute atomic E-state index is 0.0539. The van der Waals surface area contributed by atoms with E-state index >= 15 is 0 Å². The number of aromatic nitrogens is 1. The van der Waals surface area contributed by atoms with Crippen LogP contribution in [0.25, 0.3) is 0 Å². The van der Waals surface area contributed by atoms with Crippen LogP contribution in [0.5, 0.6) is 11.6 Å². The third kappa shape index (κ3) is 4.20. The van der Waals surface area contributed by atoms with Gasteiger partial charge >= 0.3 is 0 Å². The lowest BCUT2D eigenvalue weighted by molar-refractivity contribution is 0.338. The van der Waals surface area contributed by atoms with E-state index in [1.807, 2.05) is 6.07 Å². The Hall–Kier alpha value is -2.21. The molecule has 0 saturated heterocycles. The highest BCUT2D eigenvalue weighted by molar-refractivity contribution is 5.53. The number of benzene rings is 1. The fourth-order valence-electron chi connectivity index (χ4n) is 2.92. The van der Waals surface area contributed by atoms with Gasteiger partial charge in [-0.3, -0.25) is 0 Å². The molecule has 0 spiro atoms. The minimum atomic E-state index is -0.757. The Labute approximate surface area is 140 Å². The van der Waals surface area contributed by atoms with Crippen molar-refractivity contribution in [1.29, 1.82) is 0 Å². The van der Waals surface area contributed by atoms with Gasteiger partial charge in [-0.1, -0.05) is 0 Å². The van der Waals surface area contributed by atoms with Crippen molar-refractivity contribution in [1.82, 2.24) is 4.98 Å². The molecule has 1 aliphatic rings. The van der Waals surface area contributed by atoms with Crippen LogP contribution in [0.15, 0.2) is 36.5 Å². The Morgan fingerprint density at radius 3 is 2.71 bits per heavy atom. The predicted molar refractivity (Wildman–Crippen MR) is 89.1 cm³/mol. The fourth-order valence-corrected chi connectivity index (χ4v) is 2.92. The molecule has 0 amide bonds. The Balaban J connectivity index is 1.66. The first-order valence-corrected chi connectivity index (χ1v) is 8.19. The summed E-state index contributed by atoms with van der Waals surface area (Å²) in [6, 6.07) is 7.13. The maximum Gasteiger partial charge on any atom is 0.242 e.